The van der Waals surface area contributed by atoms with Gasteiger partial charge in [0.25, 0.3) is 0 Å². The van der Waals surface area contributed by atoms with Gasteiger partial charge in [-0.25, -0.2) is 13.8 Å². The number of benzene rings is 1. The summed E-state index contributed by atoms with van der Waals surface area (Å²) in [6, 6.07) is 6.28. The summed E-state index contributed by atoms with van der Waals surface area (Å²) in [5.74, 6) is -1.28. The molecular weight excluding hydrogens is 425 g/mol. The lowest BCUT2D eigenvalue weighted by Gasteiger charge is -2.23. The first-order valence-electron chi connectivity index (χ1n) is 8.00. The number of piperidine rings is 1. The van der Waals surface area contributed by atoms with Gasteiger partial charge in [-0.3, -0.25) is 0 Å². The Hall–Kier alpha value is -1.28. The number of rotatable bonds is 4. The third-order valence-corrected chi connectivity index (χ3v) is 4.88. The third kappa shape index (κ3) is 4.03. The average Bonchev–Trinajstić information content (AvgIpc) is 2.55. The van der Waals surface area contributed by atoms with Crippen LogP contribution < -0.4 is 10.1 Å². The summed E-state index contributed by atoms with van der Waals surface area (Å²) >= 11 is 2.11. The maximum atomic E-state index is 14.4. The van der Waals surface area contributed by atoms with Gasteiger partial charge in [0.05, 0.1) is 6.61 Å². The highest BCUT2D eigenvalue weighted by Crippen LogP contribution is 2.31. The van der Waals surface area contributed by atoms with Crippen LogP contribution >= 0.6 is 22.6 Å². The average molecular weight is 444 g/mol. The summed E-state index contributed by atoms with van der Waals surface area (Å²) in [4.78, 5) is 4.33. The number of ether oxygens (including phenoxy) is 1. The van der Waals surface area contributed by atoms with Crippen LogP contribution in [0.1, 0.15) is 18.5 Å². The van der Waals surface area contributed by atoms with E-state index in [1.165, 1.54) is 12.1 Å². The Kier molecular flexibility index (Phi) is 5.65. The number of nitrogens with one attached hydrogen (secondary N) is 1. The van der Waals surface area contributed by atoms with Gasteiger partial charge in [0.1, 0.15) is 3.70 Å². The first-order chi connectivity index (χ1) is 11.5. The molecule has 0 atom stereocenters. The summed E-state index contributed by atoms with van der Waals surface area (Å²) < 4.78 is 35.0. The highest BCUT2D eigenvalue weighted by atomic mass is 127. The molecule has 0 saturated carbocycles. The van der Waals surface area contributed by atoms with E-state index in [0.717, 1.165) is 40.9 Å². The molecule has 3 rings (SSSR count). The largest absolute Gasteiger partial charge is 0.487 e. The van der Waals surface area contributed by atoms with Crippen molar-refractivity contribution in [3.8, 4) is 16.9 Å². The van der Waals surface area contributed by atoms with Gasteiger partial charge in [0, 0.05) is 11.3 Å². The second-order valence-electron chi connectivity index (χ2n) is 6.04. The van der Waals surface area contributed by atoms with Crippen LogP contribution in [-0.2, 0) is 0 Å². The van der Waals surface area contributed by atoms with Crippen LogP contribution in [0.3, 0.4) is 0 Å². The number of hydrogen-bond acceptors (Lipinski definition) is 3. The molecule has 0 radical (unpaired) electrons. The van der Waals surface area contributed by atoms with Crippen molar-refractivity contribution in [3.05, 3.63) is 45.3 Å². The highest BCUT2D eigenvalue weighted by Gasteiger charge is 2.18. The quantitative estimate of drug-likeness (QED) is 0.564. The lowest BCUT2D eigenvalue weighted by Crippen LogP contribution is -2.30. The molecule has 1 aromatic heterocycles. The Balaban J connectivity index is 1.80. The summed E-state index contributed by atoms with van der Waals surface area (Å²) in [6.07, 6.45) is 1.93. The number of halogens is 3. The Bertz CT molecular complexity index is 710. The zero-order valence-corrected chi connectivity index (χ0v) is 15.6. The molecule has 24 heavy (non-hydrogen) atoms. The fourth-order valence-electron chi connectivity index (χ4n) is 2.94. The van der Waals surface area contributed by atoms with E-state index in [1.807, 2.05) is 19.1 Å². The van der Waals surface area contributed by atoms with Gasteiger partial charge in [-0.15, -0.1) is 0 Å². The molecule has 3 nitrogen and oxygen atoms in total. The molecule has 128 valence electrons. The molecule has 6 heteroatoms. The van der Waals surface area contributed by atoms with Crippen molar-refractivity contribution in [1.29, 1.82) is 0 Å². The predicted molar refractivity (Wildman–Crippen MR) is 98.1 cm³/mol. The molecule has 0 bridgehead atoms. The van der Waals surface area contributed by atoms with Crippen molar-refractivity contribution in [2.45, 2.75) is 19.8 Å². The van der Waals surface area contributed by atoms with Gasteiger partial charge >= 0.3 is 0 Å². The SMILES string of the molecule is Cc1nc(I)ccc1-c1cc(F)c(OCC2CCNCC2)c(F)c1. The molecule has 1 saturated heterocycles. The number of aromatic nitrogens is 1. The van der Waals surface area contributed by atoms with Crippen LogP contribution in [0.4, 0.5) is 8.78 Å². The fraction of sp³-hybridized carbons (Fsp3) is 0.389. The molecule has 0 unspecified atom stereocenters. The fourth-order valence-corrected chi connectivity index (χ4v) is 3.48. The summed E-state index contributed by atoms with van der Waals surface area (Å²) in [6.45, 7) is 4.03. The second-order valence-corrected chi connectivity index (χ2v) is 7.15. The Morgan fingerprint density at radius 1 is 1.21 bits per heavy atom. The molecule has 1 fully saturated rings. The van der Waals surface area contributed by atoms with Crippen molar-refractivity contribution in [2.24, 2.45) is 5.92 Å². The monoisotopic (exact) mass is 444 g/mol. The van der Waals surface area contributed by atoms with E-state index in [2.05, 4.69) is 32.9 Å². The molecule has 1 aliphatic rings. The normalized spacial score (nSPS) is 15.5. The van der Waals surface area contributed by atoms with Crippen LogP contribution in [0.5, 0.6) is 5.75 Å². The van der Waals surface area contributed by atoms with Crippen molar-refractivity contribution in [2.75, 3.05) is 19.7 Å². The van der Waals surface area contributed by atoms with Crippen LogP contribution in [-0.4, -0.2) is 24.7 Å². The molecular formula is C18H19F2IN2O. The van der Waals surface area contributed by atoms with E-state index in [0.29, 0.717) is 18.1 Å². The minimum Gasteiger partial charge on any atom is -0.487 e. The van der Waals surface area contributed by atoms with Gasteiger partial charge in [0.15, 0.2) is 17.4 Å². The minimum atomic E-state index is -0.670. The molecule has 1 aromatic carbocycles. The number of hydrogen-bond donors (Lipinski definition) is 1. The standard InChI is InChI=1S/C18H19F2IN2O/c1-11-14(2-3-17(21)23-11)13-8-15(19)18(16(20)9-13)24-10-12-4-6-22-7-5-12/h2-3,8-9,12,22H,4-7,10H2,1H3. The zero-order valence-electron chi connectivity index (χ0n) is 13.4. The van der Waals surface area contributed by atoms with Gasteiger partial charge in [0.2, 0.25) is 0 Å². The lowest BCUT2D eigenvalue weighted by atomic mass is 9.99. The van der Waals surface area contributed by atoms with E-state index in [4.69, 9.17) is 4.74 Å². The van der Waals surface area contributed by atoms with Crippen LogP contribution in [0.15, 0.2) is 24.3 Å². The van der Waals surface area contributed by atoms with Crippen molar-refractivity contribution in [3.63, 3.8) is 0 Å². The molecule has 2 heterocycles. The molecule has 0 spiro atoms. The Labute approximate surface area is 154 Å². The van der Waals surface area contributed by atoms with E-state index in [-0.39, 0.29) is 5.75 Å². The maximum Gasteiger partial charge on any atom is 0.190 e. The summed E-state index contributed by atoms with van der Waals surface area (Å²) in [5.41, 5.74) is 1.93. The second kappa shape index (κ2) is 7.74. The summed E-state index contributed by atoms with van der Waals surface area (Å²) in [7, 11) is 0. The molecule has 1 N–H and O–H groups in total. The number of aryl methyl sites for hydroxylation is 1. The third-order valence-electron chi connectivity index (χ3n) is 4.28. The Morgan fingerprint density at radius 2 is 1.88 bits per heavy atom. The van der Waals surface area contributed by atoms with Crippen molar-refractivity contribution in [1.82, 2.24) is 10.3 Å². The van der Waals surface area contributed by atoms with E-state index in [1.54, 1.807) is 0 Å². The van der Waals surface area contributed by atoms with Gasteiger partial charge in [-0.1, -0.05) is 0 Å². The maximum absolute atomic E-state index is 14.4. The Morgan fingerprint density at radius 3 is 2.50 bits per heavy atom. The van der Waals surface area contributed by atoms with Gasteiger partial charge in [-0.05, 0) is 91.2 Å². The van der Waals surface area contributed by atoms with Crippen LogP contribution in [0, 0.1) is 28.2 Å². The zero-order chi connectivity index (χ0) is 17.1. The van der Waals surface area contributed by atoms with Gasteiger partial charge < -0.3 is 10.1 Å². The lowest BCUT2D eigenvalue weighted by molar-refractivity contribution is 0.201. The van der Waals surface area contributed by atoms with E-state index < -0.39 is 11.6 Å². The smallest absolute Gasteiger partial charge is 0.190 e. The van der Waals surface area contributed by atoms with Crippen molar-refractivity contribution < 1.29 is 13.5 Å². The van der Waals surface area contributed by atoms with E-state index >= 15 is 0 Å². The first kappa shape index (κ1) is 17.5. The molecule has 0 aliphatic carbocycles. The number of pyridine rings is 1. The summed E-state index contributed by atoms with van der Waals surface area (Å²) in [5, 5.41) is 3.26. The van der Waals surface area contributed by atoms with Crippen LogP contribution in [0.2, 0.25) is 0 Å². The van der Waals surface area contributed by atoms with Crippen LogP contribution in [0.25, 0.3) is 11.1 Å². The predicted octanol–water partition coefficient (Wildman–Crippen LogP) is 4.32. The topological polar surface area (TPSA) is 34.1 Å². The highest BCUT2D eigenvalue weighted by molar-refractivity contribution is 14.1. The van der Waals surface area contributed by atoms with Crippen molar-refractivity contribution >= 4 is 22.6 Å². The van der Waals surface area contributed by atoms with E-state index in [9.17, 15) is 8.78 Å². The first-order valence-corrected chi connectivity index (χ1v) is 9.08. The number of nitrogens with zero attached hydrogens (tertiary/aromatic N) is 1. The molecule has 2 aromatic rings. The minimum absolute atomic E-state index is 0.284. The van der Waals surface area contributed by atoms with Gasteiger partial charge in [-0.2, -0.15) is 0 Å². The molecule has 0 amide bonds. The molecule has 1 aliphatic heterocycles.